The minimum Gasteiger partial charge on any atom is -0.466 e. The van der Waals surface area contributed by atoms with Crippen molar-refractivity contribution in [2.45, 2.75) is 58.9 Å². The van der Waals surface area contributed by atoms with Crippen LogP contribution in [-0.2, 0) is 0 Å². The van der Waals surface area contributed by atoms with Gasteiger partial charge in [0.15, 0.2) is 0 Å². The van der Waals surface area contributed by atoms with Gasteiger partial charge >= 0.3 is 0 Å². The van der Waals surface area contributed by atoms with Crippen molar-refractivity contribution >= 4 is 0 Å². The molecule has 1 heterocycles. The largest absolute Gasteiger partial charge is 0.466 e. The van der Waals surface area contributed by atoms with Crippen molar-refractivity contribution in [3.63, 3.8) is 0 Å². The first-order valence-corrected chi connectivity index (χ1v) is 8.02. The number of hydrogen-bond donors (Lipinski definition) is 1. The summed E-state index contributed by atoms with van der Waals surface area (Å²) in [6.07, 6.45) is 7.00. The van der Waals surface area contributed by atoms with E-state index in [9.17, 15) is 0 Å². The molecule has 0 bridgehead atoms. The lowest BCUT2D eigenvalue weighted by Gasteiger charge is -2.18. The first-order valence-electron chi connectivity index (χ1n) is 8.02. The maximum Gasteiger partial charge on any atom is 0.105 e. The Kier molecular flexibility index (Phi) is 3.70. The van der Waals surface area contributed by atoms with Gasteiger partial charge in [0.2, 0.25) is 0 Å². The summed E-state index contributed by atoms with van der Waals surface area (Å²) in [5.74, 6) is 5.01. The van der Waals surface area contributed by atoms with Crippen LogP contribution in [-0.4, -0.2) is 6.54 Å². The molecule has 2 aliphatic rings. The van der Waals surface area contributed by atoms with Gasteiger partial charge in [0.05, 0.1) is 0 Å². The van der Waals surface area contributed by atoms with E-state index >= 15 is 0 Å². The summed E-state index contributed by atoms with van der Waals surface area (Å²) in [5.41, 5.74) is 1.42. The van der Waals surface area contributed by atoms with E-state index in [1.165, 1.54) is 37.7 Å². The van der Waals surface area contributed by atoms with Gasteiger partial charge < -0.3 is 9.73 Å². The normalized spacial score (nSPS) is 31.0. The summed E-state index contributed by atoms with van der Waals surface area (Å²) in [6.45, 7) is 7.55. The van der Waals surface area contributed by atoms with Crippen molar-refractivity contribution in [1.82, 2.24) is 5.32 Å². The third-order valence-electron chi connectivity index (χ3n) is 5.14. The molecule has 2 heteroatoms. The zero-order valence-corrected chi connectivity index (χ0v) is 12.5. The SMILES string of the molecule is CCCNC(c1cc(C)oc1C)C1C2CCCCC21. The highest BCUT2D eigenvalue weighted by molar-refractivity contribution is 5.27. The molecule has 2 nitrogen and oxygen atoms in total. The molecule has 3 atom stereocenters. The van der Waals surface area contributed by atoms with Crippen molar-refractivity contribution in [2.24, 2.45) is 17.8 Å². The molecule has 0 aliphatic heterocycles. The summed E-state index contributed by atoms with van der Waals surface area (Å²) in [4.78, 5) is 0. The summed E-state index contributed by atoms with van der Waals surface area (Å²) in [5, 5.41) is 3.80. The third kappa shape index (κ3) is 2.47. The molecule has 0 amide bonds. The predicted molar refractivity (Wildman–Crippen MR) is 78.2 cm³/mol. The highest BCUT2D eigenvalue weighted by Crippen LogP contribution is 2.60. The Hall–Kier alpha value is -0.760. The smallest absolute Gasteiger partial charge is 0.105 e. The molecule has 0 aromatic carbocycles. The number of fused-ring (bicyclic) bond motifs is 1. The van der Waals surface area contributed by atoms with Gasteiger partial charge in [-0.1, -0.05) is 19.8 Å². The first kappa shape index (κ1) is 13.2. The van der Waals surface area contributed by atoms with Crippen LogP contribution in [0.4, 0.5) is 0 Å². The van der Waals surface area contributed by atoms with E-state index < -0.39 is 0 Å². The molecule has 2 aliphatic carbocycles. The van der Waals surface area contributed by atoms with Gasteiger partial charge in [0.25, 0.3) is 0 Å². The monoisotopic (exact) mass is 261 g/mol. The molecule has 2 saturated carbocycles. The van der Waals surface area contributed by atoms with E-state index in [-0.39, 0.29) is 0 Å². The Morgan fingerprint density at radius 1 is 1.26 bits per heavy atom. The standard InChI is InChI=1S/C17H27NO/c1-4-9-18-17(15-10-11(2)19-12(15)3)16-13-7-5-6-8-14(13)16/h10,13-14,16-18H,4-9H2,1-3H3. The molecule has 0 saturated heterocycles. The van der Waals surface area contributed by atoms with Crippen molar-refractivity contribution in [1.29, 1.82) is 0 Å². The maximum atomic E-state index is 5.77. The van der Waals surface area contributed by atoms with E-state index in [2.05, 4.69) is 32.2 Å². The van der Waals surface area contributed by atoms with Gasteiger partial charge in [-0.05, 0) is 63.5 Å². The second-order valence-corrected chi connectivity index (χ2v) is 6.49. The Bertz CT molecular complexity index is 424. The number of hydrogen-bond acceptors (Lipinski definition) is 2. The molecule has 0 radical (unpaired) electrons. The highest BCUT2D eigenvalue weighted by Gasteiger charge is 2.54. The van der Waals surface area contributed by atoms with Gasteiger partial charge in [-0.25, -0.2) is 0 Å². The molecule has 106 valence electrons. The zero-order chi connectivity index (χ0) is 13.4. The molecule has 2 fully saturated rings. The van der Waals surface area contributed by atoms with Crippen LogP contribution in [0.3, 0.4) is 0 Å². The lowest BCUT2D eigenvalue weighted by atomic mass is 10.00. The summed E-state index contributed by atoms with van der Waals surface area (Å²) >= 11 is 0. The van der Waals surface area contributed by atoms with Crippen LogP contribution in [0.5, 0.6) is 0 Å². The molecule has 0 spiro atoms. The van der Waals surface area contributed by atoms with E-state index in [0.717, 1.165) is 35.8 Å². The third-order valence-corrected chi connectivity index (χ3v) is 5.14. The lowest BCUT2D eigenvalue weighted by molar-refractivity contribution is 0.431. The molecule has 3 unspecified atom stereocenters. The van der Waals surface area contributed by atoms with Gasteiger partial charge in [-0.3, -0.25) is 0 Å². The van der Waals surface area contributed by atoms with Crippen LogP contribution in [0, 0.1) is 31.6 Å². The van der Waals surface area contributed by atoms with Gasteiger partial charge in [-0.15, -0.1) is 0 Å². The van der Waals surface area contributed by atoms with E-state index in [1.807, 2.05) is 0 Å². The molecular formula is C17H27NO. The van der Waals surface area contributed by atoms with E-state index in [0.29, 0.717) is 6.04 Å². The van der Waals surface area contributed by atoms with Gasteiger partial charge in [0.1, 0.15) is 11.5 Å². The van der Waals surface area contributed by atoms with Crippen LogP contribution in [0.2, 0.25) is 0 Å². The molecular weight excluding hydrogens is 234 g/mol. The predicted octanol–water partition coefficient (Wildman–Crippen LogP) is 4.37. The fraction of sp³-hybridized carbons (Fsp3) is 0.765. The Balaban J connectivity index is 1.80. The minimum absolute atomic E-state index is 0.533. The maximum absolute atomic E-state index is 5.77. The summed E-state index contributed by atoms with van der Waals surface area (Å²) in [6, 6.07) is 2.79. The van der Waals surface area contributed by atoms with Crippen LogP contribution in [0.15, 0.2) is 10.5 Å². The van der Waals surface area contributed by atoms with Gasteiger partial charge in [-0.2, -0.15) is 0 Å². The molecule has 1 aromatic rings. The number of rotatable bonds is 5. The highest BCUT2D eigenvalue weighted by atomic mass is 16.3. The Labute approximate surface area is 117 Å². The van der Waals surface area contributed by atoms with Crippen LogP contribution in [0.1, 0.15) is 62.2 Å². The molecule has 19 heavy (non-hydrogen) atoms. The Morgan fingerprint density at radius 2 is 1.95 bits per heavy atom. The molecule has 1 aromatic heterocycles. The van der Waals surface area contributed by atoms with Crippen molar-refractivity contribution in [2.75, 3.05) is 6.54 Å². The Morgan fingerprint density at radius 3 is 2.47 bits per heavy atom. The van der Waals surface area contributed by atoms with Crippen LogP contribution in [0.25, 0.3) is 0 Å². The van der Waals surface area contributed by atoms with Gasteiger partial charge in [0, 0.05) is 11.6 Å². The van der Waals surface area contributed by atoms with Crippen LogP contribution < -0.4 is 5.32 Å². The number of furan rings is 1. The van der Waals surface area contributed by atoms with Crippen molar-refractivity contribution in [3.05, 3.63) is 23.2 Å². The fourth-order valence-corrected chi connectivity index (χ4v) is 4.25. The second kappa shape index (κ2) is 5.32. The van der Waals surface area contributed by atoms with E-state index in [1.54, 1.807) is 0 Å². The second-order valence-electron chi connectivity index (χ2n) is 6.49. The molecule has 3 rings (SSSR count). The summed E-state index contributed by atoms with van der Waals surface area (Å²) in [7, 11) is 0. The fourth-order valence-electron chi connectivity index (χ4n) is 4.25. The minimum atomic E-state index is 0.533. The lowest BCUT2D eigenvalue weighted by Crippen LogP contribution is -2.25. The summed E-state index contributed by atoms with van der Waals surface area (Å²) < 4.78 is 5.77. The molecule has 1 N–H and O–H groups in total. The zero-order valence-electron chi connectivity index (χ0n) is 12.5. The average molecular weight is 261 g/mol. The topological polar surface area (TPSA) is 25.2 Å². The number of nitrogens with one attached hydrogen (secondary N) is 1. The van der Waals surface area contributed by atoms with Crippen molar-refractivity contribution < 1.29 is 4.42 Å². The quantitative estimate of drug-likeness (QED) is 0.851. The number of aryl methyl sites for hydroxylation is 2. The van der Waals surface area contributed by atoms with Crippen molar-refractivity contribution in [3.8, 4) is 0 Å². The average Bonchev–Trinajstić information content (AvgIpc) is 3.02. The first-order chi connectivity index (χ1) is 9.22. The van der Waals surface area contributed by atoms with Crippen LogP contribution >= 0.6 is 0 Å². The van der Waals surface area contributed by atoms with E-state index in [4.69, 9.17) is 4.42 Å².